The lowest BCUT2D eigenvalue weighted by Crippen LogP contribution is -2.32. The van der Waals surface area contributed by atoms with Crippen LogP contribution in [-0.2, 0) is 4.79 Å². The number of methoxy groups -OCH3 is 1. The van der Waals surface area contributed by atoms with Crippen molar-refractivity contribution < 1.29 is 23.8 Å². The molecule has 1 aliphatic rings. The SMILES string of the molecule is CCCCN1C(=O)C(O)=C(C(=O)c2cc3cc(Cl)ccc3o2)C1c1ccccc1OC. The number of fused-ring (bicyclic) bond motifs is 1. The van der Waals surface area contributed by atoms with Crippen LogP contribution >= 0.6 is 11.6 Å². The van der Waals surface area contributed by atoms with Crippen molar-refractivity contribution in [2.24, 2.45) is 0 Å². The van der Waals surface area contributed by atoms with Gasteiger partial charge >= 0.3 is 0 Å². The molecule has 2 aromatic carbocycles. The van der Waals surface area contributed by atoms with Crippen LogP contribution in [0.4, 0.5) is 0 Å². The number of hydrogen-bond acceptors (Lipinski definition) is 5. The molecule has 6 nitrogen and oxygen atoms in total. The first-order valence-corrected chi connectivity index (χ1v) is 10.4. The summed E-state index contributed by atoms with van der Waals surface area (Å²) in [6.45, 7) is 2.41. The number of carbonyl (C=O) groups is 2. The molecule has 1 aromatic heterocycles. The molecule has 0 fully saturated rings. The van der Waals surface area contributed by atoms with Crippen LogP contribution in [0.1, 0.15) is 41.9 Å². The normalized spacial score (nSPS) is 16.4. The molecular formula is C24H22ClNO5. The predicted octanol–water partition coefficient (Wildman–Crippen LogP) is 5.47. The summed E-state index contributed by atoms with van der Waals surface area (Å²) in [5.41, 5.74) is 1.10. The number of hydrogen-bond donors (Lipinski definition) is 1. The van der Waals surface area contributed by atoms with Crippen LogP contribution in [0.15, 0.2) is 64.3 Å². The Hall–Kier alpha value is -3.25. The Morgan fingerprint density at radius 1 is 1.23 bits per heavy atom. The van der Waals surface area contributed by atoms with Crippen molar-refractivity contribution in [2.45, 2.75) is 25.8 Å². The van der Waals surface area contributed by atoms with Crippen LogP contribution in [0.2, 0.25) is 5.02 Å². The summed E-state index contributed by atoms with van der Waals surface area (Å²) in [6, 6.07) is 13.0. The number of carbonyl (C=O) groups excluding carboxylic acids is 2. The first-order valence-electron chi connectivity index (χ1n) is 10.1. The molecular weight excluding hydrogens is 418 g/mol. The Bertz CT molecular complexity index is 1200. The lowest BCUT2D eigenvalue weighted by atomic mass is 9.94. The monoisotopic (exact) mass is 439 g/mol. The van der Waals surface area contributed by atoms with Crippen LogP contribution in [-0.4, -0.2) is 35.4 Å². The number of benzene rings is 2. The Labute approximate surface area is 184 Å². The summed E-state index contributed by atoms with van der Waals surface area (Å²) in [5, 5.41) is 11.9. The summed E-state index contributed by atoms with van der Waals surface area (Å²) in [7, 11) is 1.53. The summed E-state index contributed by atoms with van der Waals surface area (Å²) in [6.07, 6.45) is 1.59. The number of aliphatic hydroxyl groups is 1. The molecule has 1 amide bonds. The Balaban J connectivity index is 1.83. The molecule has 0 radical (unpaired) electrons. The molecule has 1 N–H and O–H groups in total. The molecule has 0 aliphatic carbocycles. The topological polar surface area (TPSA) is 80.0 Å². The van der Waals surface area contributed by atoms with Crippen LogP contribution in [0.3, 0.4) is 0 Å². The minimum Gasteiger partial charge on any atom is -0.503 e. The number of unbranched alkanes of at least 4 members (excludes halogenated alkanes) is 1. The lowest BCUT2D eigenvalue weighted by molar-refractivity contribution is -0.129. The molecule has 0 saturated heterocycles. The van der Waals surface area contributed by atoms with Gasteiger partial charge in [0.05, 0.1) is 18.7 Å². The first kappa shape index (κ1) is 21.0. The maximum absolute atomic E-state index is 13.5. The van der Waals surface area contributed by atoms with Crippen LogP contribution in [0.25, 0.3) is 11.0 Å². The van der Waals surface area contributed by atoms with Gasteiger partial charge in [-0.2, -0.15) is 0 Å². The second-order valence-corrected chi connectivity index (χ2v) is 7.82. The van der Waals surface area contributed by atoms with Gasteiger partial charge in [0.15, 0.2) is 11.5 Å². The summed E-state index contributed by atoms with van der Waals surface area (Å²) in [4.78, 5) is 27.9. The first-order chi connectivity index (χ1) is 15.0. The summed E-state index contributed by atoms with van der Waals surface area (Å²) < 4.78 is 11.2. The predicted molar refractivity (Wildman–Crippen MR) is 118 cm³/mol. The molecule has 4 rings (SSSR count). The molecule has 160 valence electrons. The van der Waals surface area contributed by atoms with E-state index in [4.69, 9.17) is 20.8 Å². The minimum atomic E-state index is -0.778. The van der Waals surface area contributed by atoms with E-state index >= 15 is 0 Å². The number of nitrogens with zero attached hydrogens (tertiary/aromatic N) is 1. The minimum absolute atomic E-state index is 0.0178. The van der Waals surface area contributed by atoms with Gasteiger partial charge in [-0.1, -0.05) is 43.1 Å². The number of halogens is 1. The number of furan rings is 1. The molecule has 7 heteroatoms. The number of amides is 1. The van der Waals surface area contributed by atoms with E-state index in [-0.39, 0.29) is 11.3 Å². The lowest BCUT2D eigenvalue weighted by Gasteiger charge is -2.27. The van der Waals surface area contributed by atoms with Crippen molar-refractivity contribution in [3.63, 3.8) is 0 Å². The Morgan fingerprint density at radius 2 is 2.00 bits per heavy atom. The maximum atomic E-state index is 13.5. The van der Waals surface area contributed by atoms with Crippen molar-refractivity contribution in [1.82, 2.24) is 4.90 Å². The van der Waals surface area contributed by atoms with E-state index in [1.165, 1.54) is 12.0 Å². The highest BCUT2D eigenvalue weighted by molar-refractivity contribution is 6.31. The third-order valence-corrected chi connectivity index (χ3v) is 5.67. The number of Topliss-reactive ketones (excluding diaryl/α,β-unsaturated/α-hetero) is 1. The third kappa shape index (κ3) is 3.68. The summed E-state index contributed by atoms with van der Waals surface area (Å²) in [5.74, 6) is -1.13. The second kappa shape index (κ2) is 8.47. The third-order valence-electron chi connectivity index (χ3n) is 5.44. The van der Waals surface area contributed by atoms with E-state index in [1.54, 1.807) is 42.5 Å². The van der Waals surface area contributed by atoms with Crippen molar-refractivity contribution in [3.8, 4) is 5.75 Å². The fraction of sp³-hybridized carbons (Fsp3) is 0.250. The largest absolute Gasteiger partial charge is 0.503 e. The van der Waals surface area contributed by atoms with Crippen molar-refractivity contribution in [2.75, 3.05) is 13.7 Å². The second-order valence-electron chi connectivity index (χ2n) is 7.38. The zero-order chi connectivity index (χ0) is 22.1. The average Bonchev–Trinajstić information content (AvgIpc) is 3.30. The van der Waals surface area contributed by atoms with Crippen LogP contribution < -0.4 is 4.74 Å². The van der Waals surface area contributed by atoms with Gasteiger partial charge in [0.1, 0.15) is 11.3 Å². The van der Waals surface area contributed by atoms with Gasteiger partial charge in [-0.15, -0.1) is 0 Å². The van der Waals surface area contributed by atoms with E-state index in [0.717, 1.165) is 12.8 Å². The standard InChI is InChI=1S/C24H22ClNO5/c1-3-4-11-26-21(16-7-5-6-8-18(16)30-2)20(23(28)24(26)29)22(27)19-13-14-12-15(25)9-10-17(14)31-19/h5-10,12-13,21,28H,3-4,11H2,1-2H3. The number of ketones is 1. The average molecular weight is 440 g/mol. The molecule has 0 spiro atoms. The van der Waals surface area contributed by atoms with E-state index in [2.05, 4.69) is 0 Å². The highest BCUT2D eigenvalue weighted by atomic mass is 35.5. The van der Waals surface area contributed by atoms with E-state index in [0.29, 0.717) is 33.8 Å². The molecule has 3 aromatic rings. The van der Waals surface area contributed by atoms with Gasteiger partial charge in [0.25, 0.3) is 5.91 Å². The highest BCUT2D eigenvalue weighted by Gasteiger charge is 2.45. The van der Waals surface area contributed by atoms with Crippen LogP contribution in [0, 0.1) is 0 Å². The highest BCUT2D eigenvalue weighted by Crippen LogP contribution is 2.42. The fourth-order valence-corrected chi connectivity index (χ4v) is 4.10. The number of aliphatic hydroxyl groups excluding tert-OH is 1. The molecule has 1 atom stereocenters. The van der Waals surface area contributed by atoms with Gasteiger partial charge in [-0.05, 0) is 36.8 Å². The molecule has 1 unspecified atom stereocenters. The molecule has 1 aliphatic heterocycles. The van der Waals surface area contributed by atoms with Crippen molar-refractivity contribution in [1.29, 1.82) is 0 Å². The van der Waals surface area contributed by atoms with Gasteiger partial charge < -0.3 is 19.2 Å². The zero-order valence-corrected chi connectivity index (χ0v) is 18.0. The number of para-hydroxylation sites is 1. The number of rotatable bonds is 7. The number of ether oxygens (including phenoxy) is 1. The van der Waals surface area contributed by atoms with E-state index in [9.17, 15) is 14.7 Å². The van der Waals surface area contributed by atoms with Gasteiger partial charge in [0.2, 0.25) is 5.78 Å². The van der Waals surface area contributed by atoms with Gasteiger partial charge in [0, 0.05) is 22.5 Å². The van der Waals surface area contributed by atoms with E-state index < -0.39 is 23.5 Å². The molecule has 0 bridgehead atoms. The Morgan fingerprint density at radius 3 is 2.74 bits per heavy atom. The fourth-order valence-electron chi connectivity index (χ4n) is 3.92. The molecule has 0 saturated carbocycles. The maximum Gasteiger partial charge on any atom is 0.290 e. The van der Waals surface area contributed by atoms with Crippen molar-refractivity contribution >= 4 is 34.3 Å². The summed E-state index contributed by atoms with van der Waals surface area (Å²) >= 11 is 6.04. The van der Waals surface area contributed by atoms with Gasteiger partial charge in [-0.3, -0.25) is 9.59 Å². The van der Waals surface area contributed by atoms with Crippen molar-refractivity contribution in [3.05, 3.63) is 76.2 Å². The Kier molecular flexibility index (Phi) is 5.74. The van der Waals surface area contributed by atoms with Gasteiger partial charge in [-0.25, -0.2) is 0 Å². The zero-order valence-electron chi connectivity index (χ0n) is 17.2. The smallest absolute Gasteiger partial charge is 0.290 e. The molecule has 31 heavy (non-hydrogen) atoms. The van der Waals surface area contributed by atoms with Crippen LogP contribution in [0.5, 0.6) is 5.75 Å². The quantitative estimate of drug-likeness (QED) is 0.493. The molecule has 2 heterocycles. The van der Waals surface area contributed by atoms with E-state index in [1.807, 2.05) is 13.0 Å².